The molecule has 0 saturated carbocycles. The lowest BCUT2D eigenvalue weighted by molar-refractivity contribution is 0.0731. The van der Waals surface area contributed by atoms with Gasteiger partial charge >= 0.3 is 0 Å². The number of hydrogen-bond acceptors (Lipinski definition) is 5. The lowest BCUT2D eigenvalue weighted by atomic mass is 10.1. The molecular weight excluding hydrogens is 390 g/mol. The molecule has 0 unspecified atom stereocenters. The Kier molecular flexibility index (Phi) is 6.64. The minimum absolute atomic E-state index is 0.0310. The molecule has 1 amide bonds. The summed E-state index contributed by atoms with van der Waals surface area (Å²) in [6.07, 6.45) is 8.20. The summed E-state index contributed by atoms with van der Waals surface area (Å²) in [5, 5.41) is 9.24. The van der Waals surface area contributed by atoms with Gasteiger partial charge in [0.15, 0.2) is 5.65 Å². The summed E-state index contributed by atoms with van der Waals surface area (Å²) in [5.74, 6) is -0.126. The van der Waals surface area contributed by atoms with Crippen LogP contribution in [0.15, 0.2) is 73.4 Å². The summed E-state index contributed by atoms with van der Waals surface area (Å²) < 4.78 is 2.01. The molecule has 7 heteroatoms. The Hall–Kier alpha value is -3.58. The van der Waals surface area contributed by atoms with E-state index >= 15 is 0 Å². The number of nitrogens with zero attached hydrogens (tertiary/aromatic N) is 5. The number of pyridine rings is 2. The van der Waals surface area contributed by atoms with E-state index in [1.807, 2.05) is 34.9 Å². The highest BCUT2D eigenvalue weighted by Crippen LogP contribution is 2.16. The predicted octanol–water partition coefficient (Wildman–Crippen LogP) is 3.09. The SMILES string of the molecule is O=C(c1cnc2c(c1)ncn2CCc1ccccc1)N(CCCO)Cc1ccncc1. The molecule has 0 aliphatic heterocycles. The first kappa shape index (κ1) is 20.7. The number of aliphatic hydroxyl groups excluding tert-OH is 1. The molecule has 3 heterocycles. The second-order valence-electron chi connectivity index (χ2n) is 7.40. The minimum atomic E-state index is -0.126. The predicted molar refractivity (Wildman–Crippen MR) is 118 cm³/mol. The highest BCUT2D eigenvalue weighted by molar-refractivity contribution is 5.96. The van der Waals surface area contributed by atoms with E-state index < -0.39 is 0 Å². The highest BCUT2D eigenvalue weighted by Gasteiger charge is 2.18. The highest BCUT2D eigenvalue weighted by atomic mass is 16.3. The number of aryl methyl sites for hydroxylation is 2. The van der Waals surface area contributed by atoms with Crippen LogP contribution in [0.2, 0.25) is 0 Å². The van der Waals surface area contributed by atoms with Crippen LogP contribution >= 0.6 is 0 Å². The Bertz CT molecular complexity index is 1130. The van der Waals surface area contributed by atoms with Crippen molar-refractivity contribution in [2.24, 2.45) is 0 Å². The first-order valence-electron chi connectivity index (χ1n) is 10.4. The van der Waals surface area contributed by atoms with E-state index in [1.165, 1.54) is 5.56 Å². The summed E-state index contributed by atoms with van der Waals surface area (Å²) in [6.45, 7) is 1.71. The Balaban J connectivity index is 1.51. The number of hydrogen-bond donors (Lipinski definition) is 1. The molecule has 0 atom stereocenters. The summed E-state index contributed by atoms with van der Waals surface area (Å²) in [4.78, 5) is 27.9. The van der Waals surface area contributed by atoms with E-state index in [0.717, 1.165) is 24.2 Å². The van der Waals surface area contributed by atoms with Gasteiger partial charge in [0.1, 0.15) is 5.52 Å². The number of imidazole rings is 1. The molecule has 4 rings (SSSR count). The molecule has 31 heavy (non-hydrogen) atoms. The maximum atomic E-state index is 13.2. The maximum Gasteiger partial charge on any atom is 0.255 e. The fourth-order valence-electron chi connectivity index (χ4n) is 3.53. The number of fused-ring (bicyclic) bond motifs is 1. The van der Waals surface area contributed by atoms with Crippen molar-refractivity contribution >= 4 is 17.1 Å². The molecule has 158 valence electrons. The van der Waals surface area contributed by atoms with Gasteiger partial charge in [0, 0.05) is 44.8 Å². The number of rotatable bonds is 9. The van der Waals surface area contributed by atoms with E-state index in [0.29, 0.717) is 30.6 Å². The number of carbonyl (C=O) groups excluding carboxylic acids is 1. The van der Waals surface area contributed by atoms with E-state index in [1.54, 1.807) is 35.9 Å². The molecule has 1 N–H and O–H groups in total. The van der Waals surface area contributed by atoms with Gasteiger partial charge in [-0.2, -0.15) is 0 Å². The molecule has 0 fully saturated rings. The molecule has 3 aromatic heterocycles. The molecule has 0 aliphatic carbocycles. The second-order valence-corrected chi connectivity index (χ2v) is 7.40. The van der Waals surface area contributed by atoms with E-state index in [9.17, 15) is 9.90 Å². The van der Waals surface area contributed by atoms with Gasteiger partial charge in [-0.25, -0.2) is 9.97 Å². The lowest BCUT2D eigenvalue weighted by Gasteiger charge is -2.22. The van der Waals surface area contributed by atoms with E-state index in [2.05, 4.69) is 27.1 Å². The van der Waals surface area contributed by atoms with Gasteiger partial charge in [-0.3, -0.25) is 9.78 Å². The van der Waals surface area contributed by atoms with Gasteiger partial charge in [0.25, 0.3) is 5.91 Å². The second kappa shape index (κ2) is 9.95. The Labute approximate surface area is 181 Å². The van der Waals surface area contributed by atoms with Gasteiger partial charge in [0.2, 0.25) is 0 Å². The first-order chi connectivity index (χ1) is 15.2. The third-order valence-electron chi connectivity index (χ3n) is 5.18. The normalized spacial score (nSPS) is 11.0. The molecule has 0 radical (unpaired) electrons. The third-order valence-corrected chi connectivity index (χ3v) is 5.18. The van der Waals surface area contributed by atoms with Crippen LogP contribution in [0.5, 0.6) is 0 Å². The van der Waals surface area contributed by atoms with Crippen molar-refractivity contribution < 1.29 is 9.90 Å². The lowest BCUT2D eigenvalue weighted by Crippen LogP contribution is -2.32. The van der Waals surface area contributed by atoms with Crippen molar-refractivity contribution in [3.05, 3.63) is 90.1 Å². The molecule has 4 aromatic rings. The standard InChI is InChI=1S/C24H25N5O2/c30-14-4-12-28(17-20-7-10-25-11-8-20)24(31)21-15-22-23(26-16-21)29(18-27-22)13-9-19-5-2-1-3-6-19/h1-3,5-8,10-11,15-16,18,30H,4,9,12-14,17H2. The number of aromatic nitrogens is 4. The fraction of sp³-hybridized carbons (Fsp3) is 0.250. The Morgan fingerprint density at radius 1 is 1.03 bits per heavy atom. The molecule has 0 bridgehead atoms. The zero-order valence-corrected chi connectivity index (χ0v) is 17.3. The number of amides is 1. The van der Waals surface area contributed by atoms with Crippen LogP contribution in [-0.2, 0) is 19.5 Å². The Morgan fingerprint density at radius 2 is 1.84 bits per heavy atom. The molecule has 0 aliphatic rings. The van der Waals surface area contributed by atoms with E-state index in [-0.39, 0.29) is 12.5 Å². The van der Waals surface area contributed by atoms with Crippen molar-refractivity contribution in [2.75, 3.05) is 13.2 Å². The molecule has 0 saturated heterocycles. The molecular formula is C24H25N5O2. The number of aliphatic hydroxyl groups is 1. The number of benzene rings is 1. The zero-order valence-electron chi connectivity index (χ0n) is 17.3. The van der Waals surface area contributed by atoms with Gasteiger partial charge in [0.05, 0.1) is 11.9 Å². The molecule has 1 aromatic carbocycles. The molecule has 0 spiro atoms. The van der Waals surface area contributed by atoms with Crippen LogP contribution in [0.1, 0.15) is 27.9 Å². The minimum Gasteiger partial charge on any atom is -0.396 e. The van der Waals surface area contributed by atoms with Crippen LogP contribution in [0.4, 0.5) is 0 Å². The topological polar surface area (TPSA) is 84.1 Å². The van der Waals surface area contributed by atoms with Crippen molar-refractivity contribution in [3.63, 3.8) is 0 Å². The van der Waals surface area contributed by atoms with Gasteiger partial charge in [-0.1, -0.05) is 30.3 Å². The van der Waals surface area contributed by atoms with E-state index in [4.69, 9.17) is 0 Å². The van der Waals surface area contributed by atoms with Crippen LogP contribution < -0.4 is 0 Å². The molecule has 7 nitrogen and oxygen atoms in total. The smallest absolute Gasteiger partial charge is 0.255 e. The largest absolute Gasteiger partial charge is 0.396 e. The quantitative estimate of drug-likeness (QED) is 0.454. The first-order valence-corrected chi connectivity index (χ1v) is 10.4. The van der Waals surface area contributed by atoms with Crippen LogP contribution in [0.25, 0.3) is 11.2 Å². The van der Waals surface area contributed by atoms with Crippen molar-refractivity contribution in [3.8, 4) is 0 Å². The average molecular weight is 415 g/mol. The van der Waals surface area contributed by atoms with Crippen LogP contribution in [0.3, 0.4) is 0 Å². The summed E-state index contributed by atoms with van der Waals surface area (Å²) in [5.41, 5.74) is 4.20. The zero-order chi connectivity index (χ0) is 21.5. The van der Waals surface area contributed by atoms with Crippen LogP contribution in [-0.4, -0.2) is 48.6 Å². The Morgan fingerprint density at radius 3 is 2.61 bits per heavy atom. The van der Waals surface area contributed by atoms with Gasteiger partial charge in [-0.05, 0) is 42.2 Å². The van der Waals surface area contributed by atoms with Gasteiger partial charge < -0.3 is 14.6 Å². The summed E-state index contributed by atoms with van der Waals surface area (Å²) in [6, 6.07) is 15.8. The average Bonchev–Trinajstić information content (AvgIpc) is 3.23. The van der Waals surface area contributed by atoms with Crippen LogP contribution in [0, 0.1) is 0 Å². The van der Waals surface area contributed by atoms with Crippen molar-refractivity contribution in [1.82, 2.24) is 24.4 Å². The summed E-state index contributed by atoms with van der Waals surface area (Å²) >= 11 is 0. The van der Waals surface area contributed by atoms with Crippen molar-refractivity contribution in [2.45, 2.75) is 25.9 Å². The van der Waals surface area contributed by atoms with Crippen molar-refractivity contribution in [1.29, 1.82) is 0 Å². The monoisotopic (exact) mass is 415 g/mol. The maximum absolute atomic E-state index is 13.2. The third kappa shape index (κ3) is 5.13. The number of carbonyl (C=O) groups is 1. The summed E-state index contributed by atoms with van der Waals surface area (Å²) in [7, 11) is 0. The fourth-order valence-corrected chi connectivity index (χ4v) is 3.53. The van der Waals surface area contributed by atoms with Gasteiger partial charge in [-0.15, -0.1) is 0 Å².